The predicted octanol–water partition coefficient (Wildman–Crippen LogP) is 3.76. The van der Waals surface area contributed by atoms with Crippen molar-refractivity contribution in [2.75, 3.05) is 7.05 Å². The molecule has 0 aliphatic carbocycles. The molecule has 1 aromatic carbocycles. The second kappa shape index (κ2) is 6.90. The first-order valence-corrected chi connectivity index (χ1v) is 6.95. The summed E-state index contributed by atoms with van der Waals surface area (Å²) in [5.74, 6) is 0. The van der Waals surface area contributed by atoms with Crippen LogP contribution in [0.3, 0.4) is 0 Å². The highest BCUT2D eigenvalue weighted by Gasteiger charge is 2.13. The lowest BCUT2D eigenvalue weighted by molar-refractivity contribution is 0.556. The molecule has 100 valence electrons. The number of pyridine rings is 1. The molecule has 1 heterocycles. The Hall–Kier alpha value is -1.09. The SMILES string of the molecule is CNC(Cc1cccnc1)Cc1c(Cl)cccc1Cl. The molecule has 0 fully saturated rings. The Bertz CT molecular complexity index is 509. The Morgan fingerprint density at radius 1 is 1.11 bits per heavy atom. The van der Waals surface area contributed by atoms with Crippen molar-refractivity contribution < 1.29 is 0 Å². The maximum absolute atomic E-state index is 6.21. The summed E-state index contributed by atoms with van der Waals surface area (Å²) in [5.41, 5.74) is 2.19. The minimum Gasteiger partial charge on any atom is -0.316 e. The van der Waals surface area contributed by atoms with Gasteiger partial charge in [-0.2, -0.15) is 0 Å². The molecule has 0 aliphatic rings. The van der Waals surface area contributed by atoms with E-state index < -0.39 is 0 Å². The van der Waals surface area contributed by atoms with Gasteiger partial charge in [-0.25, -0.2) is 0 Å². The van der Waals surface area contributed by atoms with Crippen LogP contribution in [-0.4, -0.2) is 18.1 Å². The molecule has 0 saturated carbocycles. The molecule has 1 N–H and O–H groups in total. The molecule has 1 aromatic heterocycles. The summed E-state index contributed by atoms with van der Waals surface area (Å²) >= 11 is 12.4. The molecule has 2 rings (SSSR count). The van der Waals surface area contributed by atoms with E-state index in [0.717, 1.165) is 28.5 Å². The maximum atomic E-state index is 6.21. The summed E-state index contributed by atoms with van der Waals surface area (Å²) < 4.78 is 0. The molecule has 2 aromatic rings. The summed E-state index contributed by atoms with van der Waals surface area (Å²) in [7, 11) is 1.95. The van der Waals surface area contributed by atoms with Crippen LogP contribution in [-0.2, 0) is 12.8 Å². The lowest BCUT2D eigenvalue weighted by Crippen LogP contribution is -2.30. The van der Waals surface area contributed by atoms with Crippen LogP contribution >= 0.6 is 23.2 Å². The molecule has 4 heteroatoms. The minimum absolute atomic E-state index is 0.279. The predicted molar refractivity (Wildman–Crippen MR) is 81.0 cm³/mol. The fourth-order valence-electron chi connectivity index (χ4n) is 2.05. The van der Waals surface area contributed by atoms with Gasteiger partial charge in [-0.15, -0.1) is 0 Å². The zero-order valence-corrected chi connectivity index (χ0v) is 12.2. The van der Waals surface area contributed by atoms with E-state index in [-0.39, 0.29) is 6.04 Å². The first kappa shape index (κ1) is 14.3. The highest BCUT2D eigenvalue weighted by Crippen LogP contribution is 2.26. The van der Waals surface area contributed by atoms with E-state index in [4.69, 9.17) is 23.2 Å². The molecular weight excluding hydrogens is 279 g/mol. The quantitative estimate of drug-likeness (QED) is 0.908. The van der Waals surface area contributed by atoms with Gasteiger partial charge in [-0.3, -0.25) is 4.98 Å². The molecule has 0 radical (unpaired) electrons. The molecule has 1 atom stereocenters. The van der Waals surface area contributed by atoms with Crippen LogP contribution in [0, 0.1) is 0 Å². The van der Waals surface area contributed by atoms with Gasteiger partial charge >= 0.3 is 0 Å². The summed E-state index contributed by atoms with van der Waals surface area (Å²) in [5, 5.41) is 4.75. The Kier molecular flexibility index (Phi) is 5.20. The summed E-state index contributed by atoms with van der Waals surface area (Å²) in [6.07, 6.45) is 5.36. The van der Waals surface area contributed by atoms with E-state index in [9.17, 15) is 0 Å². The molecule has 0 aliphatic heterocycles. The van der Waals surface area contributed by atoms with Crippen molar-refractivity contribution in [1.29, 1.82) is 0 Å². The third-order valence-electron chi connectivity index (χ3n) is 3.13. The van der Waals surface area contributed by atoms with Crippen molar-refractivity contribution in [1.82, 2.24) is 10.3 Å². The van der Waals surface area contributed by atoms with Crippen molar-refractivity contribution in [2.24, 2.45) is 0 Å². The van der Waals surface area contributed by atoms with Gasteiger partial charge in [0.2, 0.25) is 0 Å². The largest absolute Gasteiger partial charge is 0.316 e. The van der Waals surface area contributed by atoms with Gasteiger partial charge in [0.25, 0.3) is 0 Å². The van der Waals surface area contributed by atoms with Crippen molar-refractivity contribution in [3.63, 3.8) is 0 Å². The lowest BCUT2D eigenvalue weighted by atomic mass is 10.00. The highest BCUT2D eigenvalue weighted by molar-refractivity contribution is 6.36. The van der Waals surface area contributed by atoms with Gasteiger partial charge < -0.3 is 5.32 Å². The van der Waals surface area contributed by atoms with Crippen LogP contribution in [0.5, 0.6) is 0 Å². The average Bonchev–Trinajstić information content (AvgIpc) is 2.43. The molecule has 1 unspecified atom stereocenters. The van der Waals surface area contributed by atoms with Gasteiger partial charge in [0.15, 0.2) is 0 Å². The van der Waals surface area contributed by atoms with Crippen LogP contribution in [0.4, 0.5) is 0 Å². The second-order valence-electron chi connectivity index (χ2n) is 4.46. The van der Waals surface area contributed by atoms with Crippen LogP contribution in [0.1, 0.15) is 11.1 Å². The molecule has 2 nitrogen and oxygen atoms in total. The zero-order valence-electron chi connectivity index (χ0n) is 10.7. The van der Waals surface area contributed by atoms with Gasteiger partial charge in [0, 0.05) is 28.5 Å². The summed E-state index contributed by atoms with van der Waals surface area (Å²) in [4.78, 5) is 4.13. The number of hydrogen-bond acceptors (Lipinski definition) is 2. The third kappa shape index (κ3) is 3.93. The number of likely N-dealkylation sites (N-methyl/N-ethyl adjacent to an activating group) is 1. The van der Waals surface area contributed by atoms with Crippen LogP contribution in [0.15, 0.2) is 42.7 Å². The van der Waals surface area contributed by atoms with E-state index in [0.29, 0.717) is 0 Å². The highest BCUT2D eigenvalue weighted by atomic mass is 35.5. The van der Waals surface area contributed by atoms with E-state index in [1.165, 1.54) is 5.56 Å². The van der Waals surface area contributed by atoms with Crippen molar-refractivity contribution in [2.45, 2.75) is 18.9 Å². The molecule has 0 saturated heterocycles. The second-order valence-corrected chi connectivity index (χ2v) is 5.27. The summed E-state index contributed by atoms with van der Waals surface area (Å²) in [6.45, 7) is 0. The zero-order chi connectivity index (χ0) is 13.7. The molecule has 0 amide bonds. The first-order chi connectivity index (χ1) is 9.20. The average molecular weight is 295 g/mol. The van der Waals surface area contributed by atoms with Crippen molar-refractivity contribution in [3.05, 3.63) is 63.9 Å². The number of hydrogen-bond donors (Lipinski definition) is 1. The molecule has 19 heavy (non-hydrogen) atoms. The number of benzene rings is 1. The van der Waals surface area contributed by atoms with Gasteiger partial charge in [0.1, 0.15) is 0 Å². The van der Waals surface area contributed by atoms with E-state index in [1.54, 1.807) is 6.20 Å². The fourth-order valence-corrected chi connectivity index (χ4v) is 2.61. The first-order valence-electron chi connectivity index (χ1n) is 6.19. The Balaban J connectivity index is 2.11. The Morgan fingerprint density at radius 3 is 2.42 bits per heavy atom. The molecule has 0 spiro atoms. The van der Waals surface area contributed by atoms with Gasteiger partial charge in [-0.05, 0) is 49.2 Å². The fraction of sp³-hybridized carbons (Fsp3) is 0.267. The number of aromatic nitrogens is 1. The summed E-state index contributed by atoms with van der Waals surface area (Å²) in [6, 6.07) is 9.92. The van der Waals surface area contributed by atoms with Crippen LogP contribution in [0.25, 0.3) is 0 Å². The van der Waals surface area contributed by atoms with E-state index in [1.807, 2.05) is 37.5 Å². The third-order valence-corrected chi connectivity index (χ3v) is 3.83. The number of nitrogens with one attached hydrogen (secondary N) is 1. The van der Waals surface area contributed by atoms with Crippen LogP contribution in [0.2, 0.25) is 10.0 Å². The van der Waals surface area contributed by atoms with Crippen LogP contribution < -0.4 is 5.32 Å². The maximum Gasteiger partial charge on any atom is 0.0453 e. The molecule has 0 bridgehead atoms. The minimum atomic E-state index is 0.279. The van der Waals surface area contributed by atoms with Crippen molar-refractivity contribution in [3.8, 4) is 0 Å². The number of rotatable bonds is 5. The molecular formula is C15H16Cl2N2. The monoisotopic (exact) mass is 294 g/mol. The Morgan fingerprint density at radius 2 is 1.84 bits per heavy atom. The van der Waals surface area contributed by atoms with Crippen molar-refractivity contribution >= 4 is 23.2 Å². The number of nitrogens with zero attached hydrogens (tertiary/aromatic N) is 1. The van der Waals surface area contributed by atoms with E-state index >= 15 is 0 Å². The lowest BCUT2D eigenvalue weighted by Gasteiger charge is -2.17. The number of halogens is 2. The smallest absolute Gasteiger partial charge is 0.0453 e. The normalized spacial score (nSPS) is 12.4. The van der Waals surface area contributed by atoms with E-state index in [2.05, 4.69) is 16.4 Å². The van der Waals surface area contributed by atoms with Gasteiger partial charge in [-0.1, -0.05) is 35.3 Å². The standard InChI is InChI=1S/C15H16Cl2N2/c1-18-12(8-11-4-3-7-19-10-11)9-13-14(16)5-2-6-15(13)17/h2-7,10,12,18H,8-9H2,1H3. The topological polar surface area (TPSA) is 24.9 Å². The Labute approximate surface area is 123 Å². The van der Waals surface area contributed by atoms with Gasteiger partial charge in [0.05, 0.1) is 0 Å².